The number of nitrogens with zero attached hydrogens (tertiary/aromatic N) is 3. The number of ether oxygens (including phenoxy) is 1. The van der Waals surface area contributed by atoms with Gasteiger partial charge in [-0.1, -0.05) is 6.07 Å². The number of halogens is 10. The van der Waals surface area contributed by atoms with Gasteiger partial charge in [-0.05, 0) is 49.4 Å². The fourth-order valence-corrected chi connectivity index (χ4v) is 4.89. The lowest BCUT2D eigenvalue weighted by molar-refractivity contribution is -0.182. The summed E-state index contributed by atoms with van der Waals surface area (Å²) in [6.45, 7) is -1.70. The van der Waals surface area contributed by atoms with Crippen LogP contribution in [0.4, 0.5) is 55.5 Å². The molecule has 1 fully saturated rings. The first-order valence-electron chi connectivity index (χ1n) is 13.6. The number of aromatic nitrogens is 3. The summed E-state index contributed by atoms with van der Waals surface area (Å²) in [5.41, 5.74) is -2.33. The molecule has 3 aromatic rings. The summed E-state index contributed by atoms with van der Waals surface area (Å²) >= 11 is 0. The molecule has 19 heteroatoms. The molecule has 0 saturated heterocycles. The van der Waals surface area contributed by atoms with Crippen LogP contribution < -0.4 is 20.7 Å². The third kappa shape index (κ3) is 8.28. The highest BCUT2D eigenvalue weighted by atomic mass is 19.4. The fraction of sp³-hybridized carbons (Fsp3) is 0.481. The molecule has 3 N–H and O–H groups in total. The highest BCUT2D eigenvalue weighted by Crippen LogP contribution is 2.39. The second kappa shape index (κ2) is 13.6. The predicted molar refractivity (Wildman–Crippen MR) is 142 cm³/mol. The van der Waals surface area contributed by atoms with Gasteiger partial charge in [0.15, 0.2) is 12.3 Å². The minimum atomic E-state index is -4.89. The van der Waals surface area contributed by atoms with E-state index in [1.165, 1.54) is 7.05 Å². The number of hydrogen-bond acceptors (Lipinski definition) is 6. The van der Waals surface area contributed by atoms with E-state index in [9.17, 15) is 53.5 Å². The Labute approximate surface area is 253 Å². The van der Waals surface area contributed by atoms with Crippen LogP contribution in [0.5, 0.6) is 5.88 Å². The number of amides is 2. The summed E-state index contributed by atoms with van der Waals surface area (Å²) in [7, 11) is 1.31. The van der Waals surface area contributed by atoms with Crippen molar-refractivity contribution in [3.05, 3.63) is 41.0 Å². The number of alkyl halides is 10. The van der Waals surface area contributed by atoms with Crippen LogP contribution in [-0.2, 0) is 24.6 Å². The number of imidazole rings is 1. The smallest absolute Gasteiger partial charge is 0.418 e. The Morgan fingerprint density at radius 3 is 2.26 bits per heavy atom. The van der Waals surface area contributed by atoms with Crippen molar-refractivity contribution in [2.24, 2.45) is 13.0 Å². The van der Waals surface area contributed by atoms with Crippen molar-refractivity contribution in [3.8, 4) is 5.88 Å². The SMILES string of the molecule is Cn1c(Nc2cc(CNC(=O)C(F)F)ccc2C(F)(F)F)nc2cc(C(=O)N[C@H]3CC[C@H](C(F)(F)F)CC3)c(OCC(F)F)nc21. The minimum absolute atomic E-state index is 0.00287. The number of nitrogens with one attached hydrogen (secondary N) is 3. The molecule has 9 nitrogen and oxygen atoms in total. The molecule has 1 aliphatic rings. The van der Waals surface area contributed by atoms with E-state index in [-0.39, 0.29) is 53.9 Å². The highest BCUT2D eigenvalue weighted by molar-refractivity contribution is 5.99. The zero-order chi connectivity index (χ0) is 34.0. The number of hydrogen-bond donors (Lipinski definition) is 3. The first kappa shape index (κ1) is 34.6. The first-order chi connectivity index (χ1) is 21.4. The van der Waals surface area contributed by atoms with E-state index in [0.29, 0.717) is 6.07 Å². The number of carbonyl (C=O) groups excluding carboxylic acids is 2. The van der Waals surface area contributed by atoms with E-state index >= 15 is 0 Å². The maximum Gasteiger partial charge on any atom is 0.418 e. The minimum Gasteiger partial charge on any atom is -0.471 e. The van der Waals surface area contributed by atoms with Crippen LogP contribution in [0.3, 0.4) is 0 Å². The van der Waals surface area contributed by atoms with E-state index in [0.717, 1.165) is 22.8 Å². The van der Waals surface area contributed by atoms with Gasteiger partial charge in [0.1, 0.15) is 11.1 Å². The lowest BCUT2D eigenvalue weighted by Crippen LogP contribution is -2.40. The Balaban J connectivity index is 1.65. The monoisotopic (exact) mass is 672 g/mol. The van der Waals surface area contributed by atoms with Crippen molar-refractivity contribution in [2.45, 2.75) is 63.5 Å². The van der Waals surface area contributed by atoms with Crippen LogP contribution in [0, 0.1) is 5.92 Å². The lowest BCUT2D eigenvalue weighted by atomic mass is 9.85. The Bertz CT molecular complexity index is 1570. The summed E-state index contributed by atoms with van der Waals surface area (Å²) in [4.78, 5) is 32.6. The molecular weight excluding hydrogens is 646 g/mol. The van der Waals surface area contributed by atoms with Gasteiger partial charge in [0, 0.05) is 19.6 Å². The zero-order valence-corrected chi connectivity index (χ0v) is 23.7. The topological polar surface area (TPSA) is 110 Å². The number of carbonyl (C=O) groups is 2. The summed E-state index contributed by atoms with van der Waals surface area (Å²) < 4.78 is 138. The van der Waals surface area contributed by atoms with Gasteiger partial charge in [-0.15, -0.1) is 0 Å². The van der Waals surface area contributed by atoms with Gasteiger partial charge >= 0.3 is 18.8 Å². The van der Waals surface area contributed by atoms with E-state index < -0.39 is 79.3 Å². The average molecular weight is 673 g/mol. The van der Waals surface area contributed by atoms with Gasteiger partial charge in [-0.2, -0.15) is 40.1 Å². The van der Waals surface area contributed by atoms with E-state index in [1.54, 1.807) is 0 Å². The van der Waals surface area contributed by atoms with Crippen LogP contribution in [0.1, 0.15) is 47.2 Å². The number of rotatable bonds is 10. The largest absolute Gasteiger partial charge is 0.471 e. The molecular formula is C27H26F10N6O3. The molecule has 0 unspecified atom stereocenters. The third-order valence-corrected chi connectivity index (χ3v) is 7.23. The van der Waals surface area contributed by atoms with Gasteiger partial charge in [-0.25, -0.2) is 13.8 Å². The number of aryl methyl sites for hydroxylation is 1. The third-order valence-electron chi connectivity index (χ3n) is 7.23. The average Bonchev–Trinajstić information content (AvgIpc) is 3.27. The second-order valence-corrected chi connectivity index (χ2v) is 10.5. The highest BCUT2D eigenvalue weighted by Gasteiger charge is 2.41. The molecule has 0 bridgehead atoms. The van der Waals surface area contributed by atoms with Gasteiger partial charge in [-0.3, -0.25) is 14.2 Å². The molecule has 1 aromatic carbocycles. The quantitative estimate of drug-likeness (QED) is 0.225. The molecule has 1 saturated carbocycles. The second-order valence-electron chi connectivity index (χ2n) is 10.5. The molecule has 0 spiro atoms. The molecule has 252 valence electrons. The molecule has 0 radical (unpaired) electrons. The molecule has 2 aromatic heterocycles. The van der Waals surface area contributed by atoms with Crippen molar-refractivity contribution in [1.29, 1.82) is 0 Å². The van der Waals surface area contributed by atoms with Gasteiger partial charge < -0.3 is 20.7 Å². The van der Waals surface area contributed by atoms with Crippen LogP contribution in [0.15, 0.2) is 24.3 Å². The van der Waals surface area contributed by atoms with Crippen LogP contribution in [0.2, 0.25) is 0 Å². The summed E-state index contributed by atoms with van der Waals surface area (Å²) in [6, 6.07) is 3.01. The van der Waals surface area contributed by atoms with Crippen molar-refractivity contribution < 1.29 is 58.2 Å². The standard InChI is InChI=1S/C27H26F10N6O3/c1-43-21-18(41-25(43)40-17-8-12(10-38-23(45)20(30)31)2-7-16(17)27(35,36)37)9-15(24(42-21)46-11-19(28)29)22(44)39-14-5-3-13(4-6-14)26(32,33)34/h2,7-9,13-14,19-20H,3-6,10-11H2,1H3,(H,38,45)(H,39,44)(H,40,41)/t13-,14-. The van der Waals surface area contributed by atoms with E-state index in [4.69, 9.17) is 4.74 Å². The van der Waals surface area contributed by atoms with Gasteiger partial charge in [0.25, 0.3) is 18.2 Å². The zero-order valence-electron chi connectivity index (χ0n) is 23.7. The summed E-state index contributed by atoms with van der Waals surface area (Å²) in [6.07, 6.45) is -16.0. The molecule has 0 atom stereocenters. The maximum absolute atomic E-state index is 13.8. The lowest BCUT2D eigenvalue weighted by Gasteiger charge is -2.30. The van der Waals surface area contributed by atoms with Crippen LogP contribution in [0.25, 0.3) is 11.2 Å². The molecule has 4 rings (SSSR count). The van der Waals surface area contributed by atoms with E-state index in [1.807, 2.05) is 5.32 Å². The Morgan fingerprint density at radius 2 is 1.67 bits per heavy atom. The molecule has 0 aliphatic heterocycles. The Hall–Kier alpha value is -4.32. The van der Waals surface area contributed by atoms with Gasteiger partial charge in [0.05, 0.1) is 17.2 Å². The van der Waals surface area contributed by atoms with Gasteiger partial charge in [0.2, 0.25) is 11.8 Å². The number of benzene rings is 1. The van der Waals surface area contributed by atoms with Crippen molar-refractivity contribution in [3.63, 3.8) is 0 Å². The maximum atomic E-state index is 13.8. The van der Waals surface area contributed by atoms with Crippen LogP contribution in [-0.4, -0.2) is 58.0 Å². The van der Waals surface area contributed by atoms with Crippen molar-refractivity contribution in [2.75, 3.05) is 11.9 Å². The van der Waals surface area contributed by atoms with Crippen LogP contribution >= 0.6 is 0 Å². The first-order valence-corrected chi connectivity index (χ1v) is 13.6. The summed E-state index contributed by atoms with van der Waals surface area (Å²) in [5, 5.41) is 6.90. The fourth-order valence-electron chi connectivity index (χ4n) is 4.89. The predicted octanol–water partition coefficient (Wildman–Crippen LogP) is 6.11. The summed E-state index contributed by atoms with van der Waals surface area (Å²) in [5.74, 6) is -4.89. The molecule has 1 aliphatic carbocycles. The van der Waals surface area contributed by atoms with Crippen molar-refractivity contribution in [1.82, 2.24) is 25.2 Å². The molecule has 2 heterocycles. The van der Waals surface area contributed by atoms with Crippen molar-refractivity contribution >= 4 is 34.6 Å². The number of anilines is 2. The number of fused-ring (bicyclic) bond motifs is 1. The normalized spacial score (nSPS) is 17.4. The van der Waals surface area contributed by atoms with E-state index in [2.05, 4.69) is 20.6 Å². The Morgan fingerprint density at radius 1 is 1.00 bits per heavy atom. The Kier molecular flexibility index (Phi) is 10.2. The molecule has 2 amide bonds. The molecule has 46 heavy (non-hydrogen) atoms. The number of pyridine rings is 1.